The normalized spacial score (nSPS) is 50.4. The van der Waals surface area contributed by atoms with Crippen molar-refractivity contribution in [2.45, 2.75) is 80.3 Å². The lowest BCUT2D eigenvalue weighted by Crippen LogP contribution is -2.78. The van der Waals surface area contributed by atoms with E-state index in [1.807, 2.05) is 37.2 Å². The average molecular weight is 457 g/mol. The van der Waals surface area contributed by atoms with Gasteiger partial charge in [-0.2, -0.15) is 0 Å². The summed E-state index contributed by atoms with van der Waals surface area (Å²) in [5.41, 5.74) is -1.82. The molecule has 0 radical (unpaired) electrons. The van der Waals surface area contributed by atoms with Crippen molar-refractivity contribution < 1.29 is 24.4 Å². The lowest BCUT2D eigenvalue weighted by atomic mass is 9.55. The van der Waals surface area contributed by atoms with Crippen LogP contribution in [0, 0.1) is 11.3 Å². The number of likely N-dealkylation sites (N-methyl/N-ethyl adjacent to an activating group) is 1. The first kappa shape index (κ1) is 21.9. The molecule has 3 aliphatic carbocycles. The Morgan fingerprint density at radius 2 is 1.85 bits per heavy atom. The van der Waals surface area contributed by atoms with Crippen molar-refractivity contribution in [1.29, 1.82) is 0 Å². The predicted molar refractivity (Wildman–Crippen MR) is 121 cm³/mol. The van der Waals surface area contributed by atoms with Crippen molar-refractivity contribution >= 4 is 5.57 Å². The lowest BCUT2D eigenvalue weighted by molar-refractivity contribution is -0.308. The van der Waals surface area contributed by atoms with E-state index in [0.29, 0.717) is 24.8 Å². The topological polar surface area (TPSA) is 86.1 Å². The highest BCUT2D eigenvalue weighted by Crippen LogP contribution is 2.70. The van der Waals surface area contributed by atoms with Crippen LogP contribution in [-0.2, 0) is 4.74 Å². The van der Waals surface area contributed by atoms with E-state index in [-0.39, 0.29) is 17.8 Å². The Morgan fingerprint density at radius 3 is 2.55 bits per heavy atom. The molecule has 3 fully saturated rings. The first-order valence-electron chi connectivity index (χ1n) is 12.0. The summed E-state index contributed by atoms with van der Waals surface area (Å²) in [6.45, 7) is 2.25. The minimum absolute atomic E-state index is 0.0635. The van der Waals surface area contributed by atoms with Gasteiger partial charge in [-0.1, -0.05) is 19.1 Å². The molecule has 1 aromatic heterocycles. The number of rotatable bonds is 2. The van der Waals surface area contributed by atoms with E-state index in [1.165, 1.54) is 5.57 Å². The molecule has 33 heavy (non-hydrogen) atoms. The third-order valence-corrected chi connectivity index (χ3v) is 9.75. The van der Waals surface area contributed by atoms with Crippen LogP contribution in [-0.4, -0.2) is 80.5 Å². The SMILES string of the molecule is CN(C)C1CC23CCC4(O2)C(=CCC2(C)C(c5ccncc5)=CCC24)C(O)C3(F)C(O)C1O. The first-order chi connectivity index (χ1) is 15.6. The summed E-state index contributed by atoms with van der Waals surface area (Å²) in [6, 6.07) is 3.59. The number of hydrogen-bond acceptors (Lipinski definition) is 6. The molecule has 5 aliphatic rings. The largest absolute Gasteiger partial charge is 0.389 e. The number of aliphatic hydroxyl groups excluding tert-OH is 3. The summed E-state index contributed by atoms with van der Waals surface area (Å²) in [4.78, 5) is 5.97. The molecule has 1 saturated carbocycles. The summed E-state index contributed by atoms with van der Waals surface area (Å²) < 4.78 is 23.7. The number of alkyl halides is 1. The maximum Gasteiger partial charge on any atom is 0.197 e. The van der Waals surface area contributed by atoms with Crippen LogP contribution in [0.25, 0.3) is 5.57 Å². The van der Waals surface area contributed by atoms with Crippen LogP contribution in [0.1, 0.15) is 44.6 Å². The molecule has 3 N–H and O–H groups in total. The monoisotopic (exact) mass is 456 g/mol. The number of halogens is 1. The van der Waals surface area contributed by atoms with Gasteiger partial charge in [0.1, 0.15) is 17.8 Å². The zero-order valence-corrected chi connectivity index (χ0v) is 19.4. The van der Waals surface area contributed by atoms with E-state index in [9.17, 15) is 15.3 Å². The Morgan fingerprint density at radius 1 is 1.12 bits per heavy atom. The molecule has 2 bridgehead atoms. The number of hydrogen-bond donors (Lipinski definition) is 3. The van der Waals surface area contributed by atoms with Gasteiger partial charge in [0.05, 0.1) is 11.7 Å². The van der Waals surface area contributed by atoms with Crippen molar-refractivity contribution in [1.82, 2.24) is 9.88 Å². The van der Waals surface area contributed by atoms with E-state index in [4.69, 9.17) is 4.74 Å². The molecule has 7 heteroatoms. The van der Waals surface area contributed by atoms with Crippen LogP contribution in [0.4, 0.5) is 4.39 Å². The molecule has 2 saturated heterocycles. The second-order valence-corrected chi connectivity index (χ2v) is 11.2. The van der Waals surface area contributed by atoms with Crippen LogP contribution in [0.5, 0.6) is 0 Å². The van der Waals surface area contributed by atoms with E-state index in [1.54, 1.807) is 12.4 Å². The zero-order chi connectivity index (χ0) is 23.4. The molecular formula is C26H33FN2O4. The number of aliphatic hydroxyl groups is 3. The molecule has 2 spiro atoms. The number of aromatic nitrogens is 1. The van der Waals surface area contributed by atoms with Crippen LogP contribution in [0.15, 0.2) is 42.3 Å². The van der Waals surface area contributed by atoms with Gasteiger partial charge in [0.15, 0.2) is 5.67 Å². The smallest absolute Gasteiger partial charge is 0.197 e. The number of pyridine rings is 1. The zero-order valence-electron chi connectivity index (χ0n) is 19.4. The summed E-state index contributed by atoms with van der Waals surface area (Å²) in [5, 5.41) is 33.3. The Bertz CT molecular complexity index is 1050. The minimum atomic E-state index is -2.45. The van der Waals surface area contributed by atoms with Crippen molar-refractivity contribution in [2.75, 3.05) is 14.1 Å². The number of ether oxygens (including phenoxy) is 1. The third-order valence-electron chi connectivity index (χ3n) is 9.75. The summed E-state index contributed by atoms with van der Waals surface area (Å²) in [5.74, 6) is 0.0635. The Labute approximate surface area is 193 Å². The Hall–Kier alpha value is -1.64. The van der Waals surface area contributed by atoms with E-state index >= 15 is 4.39 Å². The molecule has 1 aromatic rings. The second kappa shape index (κ2) is 6.73. The first-order valence-corrected chi connectivity index (χ1v) is 12.0. The Balaban J connectivity index is 1.46. The minimum Gasteiger partial charge on any atom is -0.389 e. The maximum absolute atomic E-state index is 16.9. The molecule has 2 aliphatic heterocycles. The molecule has 0 aromatic carbocycles. The van der Waals surface area contributed by atoms with Gasteiger partial charge in [-0.25, -0.2) is 4.39 Å². The highest BCUT2D eigenvalue weighted by molar-refractivity contribution is 5.74. The van der Waals surface area contributed by atoms with E-state index in [2.05, 4.69) is 18.0 Å². The van der Waals surface area contributed by atoms with Gasteiger partial charge in [0.2, 0.25) is 0 Å². The number of fused-ring (bicyclic) bond motifs is 1. The molecule has 6 nitrogen and oxygen atoms in total. The fraction of sp³-hybridized carbons (Fsp3) is 0.654. The van der Waals surface area contributed by atoms with Gasteiger partial charge >= 0.3 is 0 Å². The quantitative estimate of drug-likeness (QED) is 0.592. The van der Waals surface area contributed by atoms with Gasteiger partial charge in [-0.15, -0.1) is 0 Å². The molecule has 9 atom stereocenters. The lowest BCUT2D eigenvalue weighted by Gasteiger charge is -2.62. The highest BCUT2D eigenvalue weighted by atomic mass is 19.1. The fourth-order valence-corrected chi connectivity index (χ4v) is 8.06. The molecule has 178 valence electrons. The fourth-order valence-electron chi connectivity index (χ4n) is 8.06. The third kappa shape index (κ3) is 2.42. The summed E-state index contributed by atoms with van der Waals surface area (Å²) >= 11 is 0. The van der Waals surface area contributed by atoms with Crippen LogP contribution in [0.3, 0.4) is 0 Å². The van der Waals surface area contributed by atoms with Gasteiger partial charge in [-0.3, -0.25) is 4.98 Å². The molecule has 0 amide bonds. The molecule has 9 unspecified atom stereocenters. The summed E-state index contributed by atoms with van der Waals surface area (Å²) in [6.07, 6.45) is 5.97. The van der Waals surface area contributed by atoms with Crippen molar-refractivity contribution in [3.63, 3.8) is 0 Å². The van der Waals surface area contributed by atoms with Gasteiger partial charge in [0, 0.05) is 29.8 Å². The van der Waals surface area contributed by atoms with Crippen molar-refractivity contribution in [3.05, 3.63) is 47.8 Å². The molecule has 6 rings (SSSR count). The Kier molecular flexibility index (Phi) is 4.46. The van der Waals surface area contributed by atoms with Crippen LogP contribution < -0.4 is 0 Å². The highest BCUT2D eigenvalue weighted by Gasteiger charge is 2.79. The van der Waals surface area contributed by atoms with Crippen LogP contribution in [0.2, 0.25) is 0 Å². The number of allylic oxidation sites excluding steroid dienone is 3. The standard InChI is InChI=1S/C26H33FN2O4/c1-23-9-6-17-21(31)26(27)22(32)20(30)18(29(2)3)14-24(26)10-11-25(17,33-24)19(23)5-4-16(23)15-7-12-28-13-8-15/h4,6-8,12-13,18-22,30-32H,5,9-11,14H2,1-3H3. The predicted octanol–water partition coefficient (Wildman–Crippen LogP) is 2.25. The van der Waals surface area contributed by atoms with Gasteiger partial charge < -0.3 is 25.0 Å². The average Bonchev–Trinajstić information content (AvgIpc) is 3.33. The second-order valence-electron chi connectivity index (χ2n) is 11.2. The van der Waals surface area contributed by atoms with Gasteiger partial charge in [-0.05, 0) is 75.0 Å². The van der Waals surface area contributed by atoms with Crippen LogP contribution >= 0.6 is 0 Å². The van der Waals surface area contributed by atoms with E-state index < -0.39 is 41.2 Å². The maximum atomic E-state index is 16.9. The van der Waals surface area contributed by atoms with Crippen molar-refractivity contribution in [3.8, 4) is 0 Å². The van der Waals surface area contributed by atoms with Crippen molar-refractivity contribution in [2.24, 2.45) is 11.3 Å². The van der Waals surface area contributed by atoms with Gasteiger partial charge in [0.25, 0.3) is 0 Å². The molecule has 3 heterocycles. The van der Waals surface area contributed by atoms with E-state index in [0.717, 1.165) is 12.0 Å². The molecular weight excluding hydrogens is 423 g/mol. The number of nitrogens with zero attached hydrogens (tertiary/aromatic N) is 2. The summed E-state index contributed by atoms with van der Waals surface area (Å²) in [7, 11) is 3.63.